The highest BCUT2D eigenvalue weighted by Gasteiger charge is 2.43. The summed E-state index contributed by atoms with van der Waals surface area (Å²) in [6.07, 6.45) is 5.32. The zero-order chi connectivity index (χ0) is 26.9. The van der Waals surface area contributed by atoms with Gasteiger partial charge in [0.1, 0.15) is 5.66 Å². The summed E-state index contributed by atoms with van der Waals surface area (Å²) in [6, 6.07) is 12.7. The molecule has 1 atom stereocenters. The summed E-state index contributed by atoms with van der Waals surface area (Å²) in [5, 5.41) is 17.4. The predicted molar refractivity (Wildman–Crippen MR) is 152 cm³/mol. The SMILES string of the molecule is CC(C)C1(CC2CCN(CC3CCN(C(=O)c4ccccc4Cl)CC3)CC2)Nc2cccc(C(=O)O)c2N1. The van der Waals surface area contributed by atoms with Gasteiger partial charge < -0.3 is 25.5 Å². The lowest BCUT2D eigenvalue weighted by Crippen LogP contribution is -2.50. The fraction of sp³-hybridized carbons (Fsp3) is 0.533. The van der Waals surface area contributed by atoms with Crippen LogP contribution in [0.3, 0.4) is 0 Å². The molecule has 2 aromatic rings. The minimum absolute atomic E-state index is 0.0423. The van der Waals surface area contributed by atoms with E-state index in [4.69, 9.17) is 11.6 Å². The van der Waals surface area contributed by atoms with Gasteiger partial charge in [-0.1, -0.05) is 43.6 Å². The van der Waals surface area contributed by atoms with Crippen LogP contribution in [0.1, 0.15) is 66.7 Å². The average molecular weight is 539 g/mol. The van der Waals surface area contributed by atoms with E-state index in [1.165, 1.54) is 0 Å². The molecule has 3 heterocycles. The van der Waals surface area contributed by atoms with Gasteiger partial charge in [-0.15, -0.1) is 0 Å². The van der Waals surface area contributed by atoms with E-state index >= 15 is 0 Å². The number of nitrogens with one attached hydrogen (secondary N) is 2. The third-order valence-corrected chi connectivity index (χ3v) is 9.16. The summed E-state index contributed by atoms with van der Waals surface area (Å²) in [5.74, 6) is 0.634. The van der Waals surface area contributed by atoms with Gasteiger partial charge in [0.05, 0.1) is 27.5 Å². The summed E-state index contributed by atoms with van der Waals surface area (Å²) in [7, 11) is 0. The van der Waals surface area contributed by atoms with Crippen molar-refractivity contribution in [3.63, 3.8) is 0 Å². The number of piperidine rings is 2. The van der Waals surface area contributed by atoms with Crippen LogP contribution in [0.4, 0.5) is 11.4 Å². The van der Waals surface area contributed by atoms with Crippen LogP contribution >= 0.6 is 11.6 Å². The van der Waals surface area contributed by atoms with Crippen molar-refractivity contribution in [3.05, 3.63) is 58.6 Å². The Balaban J connectivity index is 1.11. The fourth-order valence-corrected chi connectivity index (χ4v) is 6.62. The molecular weight excluding hydrogens is 500 g/mol. The molecule has 0 bridgehead atoms. The Morgan fingerprint density at radius 1 is 0.947 bits per heavy atom. The molecule has 0 spiro atoms. The second kappa shape index (κ2) is 11.1. The average Bonchev–Trinajstić information content (AvgIpc) is 3.30. The number of anilines is 2. The smallest absolute Gasteiger partial charge is 0.337 e. The molecule has 2 fully saturated rings. The normalized spacial score (nSPS) is 22.7. The minimum atomic E-state index is -0.900. The first-order valence-corrected chi connectivity index (χ1v) is 14.3. The standard InChI is InChI=1S/C30H39ClN4O3/c1-20(2)30(32-26-9-5-7-24(29(37)38)27(26)33-30)18-21-10-14-34(15-11-21)19-22-12-16-35(17-13-22)28(36)23-6-3-4-8-25(23)31/h3-9,20-22,32-33H,10-19H2,1-2H3,(H,37,38). The lowest BCUT2D eigenvalue weighted by molar-refractivity contribution is 0.0645. The number of benzene rings is 2. The highest BCUT2D eigenvalue weighted by molar-refractivity contribution is 6.33. The van der Waals surface area contributed by atoms with Crippen LogP contribution in [0.25, 0.3) is 0 Å². The van der Waals surface area contributed by atoms with E-state index in [9.17, 15) is 14.7 Å². The summed E-state index contributed by atoms with van der Waals surface area (Å²) >= 11 is 6.24. The second-order valence-corrected chi connectivity index (χ2v) is 12.0. The maximum absolute atomic E-state index is 12.9. The molecule has 2 aromatic carbocycles. The molecule has 1 unspecified atom stereocenters. The van der Waals surface area contributed by atoms with Crippen molar-refractivity contribution >= 4 is 34.9 Å². The number of rotatable bonds is 7. The molecule has 7 nitrogen and oxygen atoms in total. The van der Waals surface area contributed by atoms with Crippen LogP contribution in [0.5, 0.6) is 0 Å². The first-order valence-electron chi connectivity index (χ1n) is 13.9. The van der Waals surface area contributed by atoms with Crippen molar-refractivity contribution in [2.24, 2.45) is 17.8 Å². The first kappa shape index (κ1) is 26.8. The Morgan fingerprint density at radius 3 is 2.26 bits per heavy atom. The molecule has 3 aliphatic heterocycles. The maximum atomic E-state index is 12.9. The number of aromatic carboxylic acids is 1. The van der Waals surface area contributed by atoms with Gasteiger partial charge in [0, 0.05) is 19.6 Å². The molecule has 5 rings (SSSR count). The Labute approximate surface area is 230 Å². The van der Waals surface area contributed by atoms with Crippen LogP contribution in [0.15, 0.2) is 42.5 Å². The molecule has 1 amide bonds. The molecule has 0 radical (unpaired) electrons. The predicted octanol–water partition coefficient (Wildman–Crippen LogP) is 5.88. The Kier molecular flexibility index (Phi) is 7.87. The number of fused-ring (bicyclic) bond motifs is 1. The molecule has 8 heteroatoms. The summed E-state index contributed by atoms with van der Waals surface area (Å²) in [5.41, 5.74) is 2.19. The van der Waals surface area contributed by atoms with Gasteiger partial charge in [-0.25, -0.2) is 4.79 Å². The van der Waals surface area contributed by atoms with E-state index < -0.39 is 5.97 Å². The second-order valence-electron chi connectivity index (χ2n) is 11.6. The number of carboxylic acid groups (broad SMARTS) is 1. The largest absolute Gasteiger partial charge is 0.478 e. The van der Waals surface area contributed by atoms with Gasteiger partial charge in [0.15, 0.2) is 0 Å². The quantitative estimate of drug-likeness (QED) is 0.408. The summed E-state index contributed by atoms with van der Waals surface area (Å²) < 4.78 is 0. The van der Waals surface area contributed by atoms with Crippen LogP contribution in [-0.4, -0.2) is 65.2 Å². The van der Waals surface area contributed by atoms with Crippen molar-refractivity contribution in [3.8, 4) is 0 Å². The monoisotopic (exact) mass is 538 g/mol. The maximum Gasteiger partial charge on any atom is 0.337 e. The van der Waals surface area contributed by atoms with E-state index in [1.54, 1.807) is 12.1 Å². The number of nitrogens with zero attached hydrogens (tertiary/aromatic N) is 2. The van der Waals surface area contributed by atoms with Gasteiger partial charge in [0.25, 0.3) is 5.91 Å². The zero-order valence-corrected chi connectivity index (χ0v) is 23.1. The van der Waals surface area contributed by atoms with Crippen molar-refractivity contribution < 1.29 is 14.7 Å². The Morgan fingerprint density at radius 2 is 1.61 bits per heavy atom. The van der Waals surface area contributed by atoms with E-state index in [-0.39, 0.29) is 11.6 Å². The molecule has 0 aromatic heterocycles. The topological polar surface area (TPSA) is 84.9 Å². The van der Waals surface area contributed by atoms with Gasteiger partial charge in [-0.3, -0.25) is 4.79 Å². The third-order valence-electron chi connectivity index (χ3n) is 8.83. The molecule has 2 saturated heterocycles. The number of carboxylic acids is 1. The van der Waals surface area contributed by atoms with Crippen molar-refractivity contribution in [1.29, 1.82) is 0 Å². The van der Waals surface area contributed by atoms with Gasteiger partial charge >= 0.3 is 5.97 Å². The lowest BCUT2D eigenvalue weighted by atomic mass is 9.81. The Bertz CT molecular complexity index is 1170. The number of halogens is 1. The van der Waals surface area contributed by atoms with Crippen molar-refractivity contribution in [1.82, 2.24) is 9.80 Å². The molecule has 3 aliphatic rings. The van der Waals surface area contributed by atoms with Crippen LogP contribution < -0.4 is 10.6 Å². The minimum Gasteiger partial charge on any atom is -0.478 e. The van der Waals surface area contributed by atoms with Gasteiger partial charge in [-0.05, 0) is 87.2 Å². The summed E-state index contributed by atoms with van der Waals surface area (Å²) in [6.45, 7) is 9.25. The molecule has 0 aliphatic carbocycles. The summed E-state index contributed by atoms with van der Waals surface area (Å²) in [4.78, 5) is 29.2. The highest BCUT2D eigenvalue weighted by atomic mass is 35.5. The van der Waals surface area contributed by atoms with Crippen molar-refractivity contribution in [2.75, 3.05) is 43.4 Å². The third kappa shape index (κ3) is 5.50. The highest BCUT2D eigenvalue weighted by Crippen LogP contribution is 2.44. The van der Waals surface area contributed by atoms with Gasteiger partial charge in [-0.2, -0.15) is 0 Å². The van der Waals surface area contributed by atoms with Crippen molar-refractivity contribution in [2.45, 2.75) is 51.6 Å². The number of likely N-dealkylation sites (tertiary alicyclic amines) is 2. The van der Waals surface area contributed by atoms with E-state index in [0.29, 0.717) is 39.6 Å². The van der Waals surface area contributed by atoms with Crippen LogP contribution in [0, 0.1) is 17.8 Å². The van der Waals surface area contributed by atoms with E-state index in [0.717, 1.165) is 70.5 Å². The number of hydrogen-bond acceptors (Lipinski definition) is 5. The first-order chi connectivity index (χ1) is 18.3. The molecular formula is C30H39ClN4O3. The molecule has 204 valence electrons. The number of hydrogen-bond donors (Lipinski definition) is 3. The van der Waals surface area contributed by atoms with Crippen LogP contribution in [-0.2, 0) is 0 Å². The van der Waals surface area contributed by atoms with E-state index in [1.807, 2.05) is 35.2 Å². The number of para-hydroxylation sites is 1. The fourth-order valence-electron chi connectivity index (χ4n) is 6.41. The molecule has 38 heavy (non-hydrogen) atoms. The zero-order valence-electron chi connectivity index (χ0n) is 22.4. The van der Waals surface area contributed by atoms with E-state index in [2.05, 4.69) is 29.4 Å². The number of carbonyl (C=O) groups excluding carboxylic acids is 1. The molecule has 3 N–H and O–H groups in total. The molecule has 0 saturated carbocycles. The number of amides is 1. The van der Waals surface area contributed by atoms with Crippen LogP contribution in [0.2, 0.25) is 5.02 Å². The lowest BCUT2D eigenvalue weighted by Gasteiger charge is -2.42. The number of carbonyl (C=O) groups is 2. The Hall–Kier alpha value is -2.77. The van der Waals surface area contributed by atoms with Gasteiger partial charge in [0.2, 0.25) is 0 Å².